The van der Waals surface area contributed by atoms with Gasteiger partial charge in [-0.1, -0.05) is 19.3 Å². The maximum atomic E-state index is 12.6. The molecule has 1 heterocycles. The molecule has 1 fully saturated rings. The van der Waals surface area contributed by atoms with E-state index in [2.05, 4.69) is 4.98 Å². The minimum Gasteiger partial charge on any atom is -0.496 e. The molecule has 2 N–H and O–H groups in total. The molecule has 0 radical (unpaired) electrons. The molecule has 2 unspecified atom stereocenters. The zero-order valence-electron chi connectivity index (χ0n) is 13.3. The van der Waals surface area contributed by atoms with Crippen molar-refractivity contribution in [3.63, 3.8) is 0 Å². The first-order valence-corrected chi connectivity index (χ1v) is 7.82. The molecule has 0 aromatic carbocycles. The third-order valence-electron chi connectivity index (χ3n) is 4.57. The van der Waals surface area contributed by atoms with Crippen molar-refractivity contribution in [3.05, 3.63) is 23.0 Å². The number of aromatic nitrogens is 1. The smallest absolute Gasteiger partial charge is 0.143 e. The van der Waals surface area contributed by atoms with Crippen molar-refractivity contribution in [1.82, 2.24) is 4.98 Å². The summed E-state index contributed by atoms with van der Waals surface area (Å²) in [6, 6.07) is 0.00708. The van der Waals surface area contributed by atoms with Gasteiger partial charge in [-0.15, -0.1) is 0 Å². The molecule has 0 aliphatic heterocycles. The monoisotopic (exact) mass is 290 g/mol. The highest BCUT2D eigenvalue weighted by Crippen LogP contribution is 2.27. The van der Waals surface area contributed by atoms with Crippen LogP contribution in [0.5, 0.6) is 5.75 Å². The molecule has 4 nitrogen and oxygen atoms in total. The lowest BCUT2D eigenvalue weighted by Gasteiger charge is -2.20. The van der Waals surface area contributed by atoms with Gasteiger partial charge >= 0.3 is 0 Å². The van der Waals surface area contributed by atoms with Crippen LogP contribution >= 0.6 is 0 Å². The third kappa shape index (κ3) is 3.62. The van der Waals surface area contributed by atoms with Crippen molar-refractivity contribution < 1.29 is 9.53 Å². The standard InChI is InChI=1S/C17H26N2O2/c1-11-10-19-15(12(2)17(11)21-3)9-16(20)13-7-5-4-6-8-14(13)18/h10,13-14H,4-9,18H2,1-3H3. The van der Waals surface area contributed by atoms with Crippen LogP contribution in [0.15, 0.2) is 6.20 Å². The Morgan fingerprint density at radius 1 is 1.33 bits per heavy atom. The quantitative estimate of drug-likeness (QED) is 0.866. The van der Waals surface area contributed by atoms with Crippen LogP contribution in [0.2, 0.25) is 0 Å². The van der Waals surface area contributed by atoms with Gasteiger partial charge in [0.1, 0.15) is 11.5 Å². The summed E-state index contributed by atoms with van der Waals surface area (Å²) in [7, 11) is 1.65. The summed E-state index contributed by atoms with van der Waals surface area (Å²) in [5, 5.41) is 0. The Morgan fingerprint density at radius 3 is 2.76 bits per heavy atom. The highest BCUT2D eigenvalue weighted by Gasteiger charge is 2.27. The maximum absolute atomic E-state index is 12.6. The van der Waals surface area contributed by atoms with E-state index in [1.165, 1.54) is 6.42 Å². The van der Waals surface area contributed by atoms with E-state index in [0.29, 0.717) is 6.42 Å². The van der Waals surface area contributed by atoms with Gasteiger partial charge in [-0.05, 0) is 26.7 Å². The fourth-order valence-corrected chi connectivity index (χ4v) is 3.28. The zero-order chi connectivity index (χ0) is 15.4. The predicted molar refractivity (Wildman–Crippen MR) is 83.5 cm³/mol. The fourth-order valence-electron chi connectivity index (χ4n) is 3.28. The second kappa shape index (κ2) is 7.03. The second-order valence-electron chi connectivity index (χ2n) is 6.10. The fraction of sp³-hybridized carbons (Fsp3) is 0.647. The van der Waals surface area contributed by atoms with Gasteiger partial charge < -0.3 is 10.5 Å². The molecular formula is C17H26N2O2. The highest BCUT2D eigenvalue weighted by atomic mass is 16.5. The number of rotatable bonds is 4. The van der Waals surface area contributed by atoms with E-state index < -0.39 is 0 Å². The van der Waals surface area contributed by atoms with Crippen molar-refractivity contribution >= 4 is 5.78 Å². The number of nitrogens with two attached hydrogens (primary N) is 1. The average Bonchev–Trinajstić information content (AvgIpc) is 2.67. The molecule has 0 bridgehead atoms. The first-order chi connectivity index (χ1) is 10.0. The number of aryl methyl sites for hydroxylation is 1. The van der Waals surface area contributed by atoms with E-state index in [9.17, 15) is 4.79 Å². The summed E-state index contributed by atoms with van der Waals surface area (Å²) < 4.78 is 5.41. The van der Waals surface area contributed by atoms with Crippen LogP contribution in [-0.2, 0) is 11.2 Å². The van der Waals surface area contributed by atoms with Gasteiger partial charge in [-0.25, -0.2) is 0 Å². The Balaban J connectivity index is 2.15. The third-order valence-corrected chi connectivity index (χ3v) is 4.57. The minimum atomic E-state index is -0.0130. The highest BCUT2D eigenvalue weighted by molar-refractivity contribution is 5.84. The molecule has 2 atom stereocenters. The molecule has 1 aromatic rings. The number of Topliss-reactive ketones (excluding diaryl/α,β-unsaturated/α-hetero) is 1. The van der Waals surface area contributed by atoms with Crippen molar-refractivity contribution in [3.8, 4) is 5.75 Å². The zero-order valence-corrected chi connectivity index (χ0v) is 13.3. The first-order valence-electron chi connectivity index (χ1n) is 7.82. The van der Waals surface area contributed by atoms with Gasteiger partial charge in [0.2, 0.25) is 0 Å². The van der Waals surface area contributed by atoms with Crippen molar-refractivity contribution in [2.24, 2.45) is 11.7 Å². The second-order valence-corrected chi connectivity index (χ2v) is 6.10. The maximum Gasteiger partial charge on any atom is 0.143 e. The van der Waals surface area contributed by atoms with E-state index in [4.69, 9.17) is 10.5 Å². The SMILES string of the molecule is COc1c(C)cnc(CC(=O)C2CCCCCC2N)c1C. The van der Waals surface area contributed by atoms with Gasteiger partial charge in [-0.2, -0.15) is 0 Å². The number of nitrogens with zero attached hydrogens (tertiary/aromatic N) is 1. The van der Waals surface area contributed by atoms with E-state index >= 15 is 0 Å². The summed E-state index contributed by atoms with van der Waals surface area (Å²) in [6.45, 7) is 3.93. The van der Waals surface area contributed by atoms with E-state index in [-0.39, 0.29) is 17.7 Å². The Morgan fingerprint density at radius 2 is 2.05 bits per heavy atom. The molecule has 21 heavy (non-hydrogen) atoms. The van der Waals surface area contributed by atoms with Crippen LogP contribution in [0.3, 0.4) is 0 Å². The molecule has 116 valence electrons. The minimum absolute atomic E-state index is 0.00708. The number of ketones is 1. The van der Waals surface area contributed by atoms with Crippen LogP contribution in [0.25, 0.3) is 0 Å². The molecule has 1 aromatic heterocycles. The van der Waals surface area contributed by atoms with Crippen molar-refractivity contribution in [2.75, 3.05) is 7.11 Å². The van der Waals surface area contributed by atoms with Gasteiger partial charge in [0.05, 0.1) is 12.8 Å². The molecule has 0 amide bonds. The summed E-state index contributed by atoms with van der Waals surface area (Å²) in [6.07, 6.45) is 7.45. The Kier molecular flexibility index (Phi) is 5.34. The number of carbonyl (C=O) groups is 1. The number of hydrogen-bond donors (Lipinski definition) is 1. The lowest BCUT2D eigenvalue weighted by Crippen LogP contribution is -2.35. The number of hydrogen-bond acceptors (Lipinski definition) is 4. The van der Waals surface area contributed by atoms with Gasteiger partial charge in [0, 0.05) is 35.7 Å². The number of methoxy groups -OCH3 is 1. The Labute approximate surface area is 127 Å². The molecule has 1 saturated carbocycles. The van der Waals surface area contributed by atoms with Crippen LogP contribution in [0.4, 0.5) is 0 Å². The van der Waals surface area contributed by atoms with Crippen LogP contribution in [-0.4, -0.2) is 23.9 Å². The van der Waals surface area contributed by atoms with Crippen LogP contribution < -0.4 is 10.5 Å². The van der Waals surface area contributed by atoms with Crippen molar-refractivity contribution in [2.45, 2.75) is 58.4 Å². The van der Waals surface area contributed by atoms with Gasteiger partial charge in [-0.3, -0.25) is 9.78 Å². The number of carbonyl (C=O) groups excluding carboxylic acids is 1. The number of ether oxygens (including phenoxy) is 1. The lowest BCUT2D eigenvalue weighted by molar-refractivity contribution is -0.123. The summed E-state index contributed by atoms with van der Waals surface area (Å²) in [5.41, 5.74) is 8.97. The lowest BCUT2D eigenvalue weighted by atomic mass is 9.88. The van der Waals surface area contributed by atoms with Crippen molar-refractivity contribution in [1.29, 1.82) is 0 Å². The molecular weight excluding hydrogens is 264 g/mol. The normalized spacial score (nSPS) is 22.7. The predicted octanol–water partition coefficient (Wildman–Crippen LogP) is 2.73. The summed E-state index contributed by atoms with van der Waals surface area (Å²) in [4.78, 5) is 17.0. The topological polar surface area (TPSA) is 65.2 Å². The number of pyridine rings is 1. The Hall–Kier alpha value is -1.42. The van der Waals surface area contributed by atoms with E-state index in [1.54, 1.807) is 13.3 Å². The largest absolute Gasteiger partial charge is 0.496 e. The van der Waals surface area contributed by atoms with Crippen LogP contribution in [0, 0.1) is 19.8 Å². The van der Waals surface area contributed by atoms with Gasteiger partial charge in [0.25, 0.3) is 0 Å². The first kappa shape index (κ1) is 16.0. The molecule has 1 aliphatic rings. The summed E-state index contributed by atoms with van der Waals surface area (Å²) in [5.74, 6) is 1.05. The van der Waals surface area contributed by atoms with Gasteiger partial charge in [0.15, 0.2) is 0 Å². The Bertz CT molecular complexity index is 514. The van der Waals surface area contributed by atoms with E-state index in [1.807, 2.05) is 13.8 Å². The molecule has 0 spiro atoms. The van der Waals surface area contributed by atoms with E-state index in [0.717, 1.165) is 48.3 Å². The molecule has 1 aliphatic carbocycles. The molecule has 0 saturated heterocycles. The molecule has 4 heteroatoms. The summed E-state index contributed by atoms with van der Waals surface area (Å²) >= 11 is 0. The molecule has 2 rings (SSSR count). The average molecular weight is 290 g/mol. The van der Waals surface area contributed by atoms with Crippen LogP contribution in [0.1, 0.15) is 48.9 Å².